The Morgan fingerprint density at radius 3 is 2.43 bits per heavy atom. The van der Waals surface area contributed by atoms with Crippen LogP contribution < -0.4 is 10.2 Å². The normalized spacial score (nSPS) is 25.3. The average molecular weight is 316 g/mol. The number of piperidine rings is 1. The molecule has 124 valence electrons. The zero-order valence-electron chi connectivity index (χ0n) is 13.3. The average Bonchev–Trinajstić information content (AvgIpc) is 2.57. The van der Waals surface area contributed by atoms with Crippen LogP contribution >= 0.6 is 0 Å². The summed E-state index contributed by atoms with van der Waals surface area (Å²) >= 11 is 0. The fraction of sp³-hybridized carbons (Fsp3) is 0.556. The molecule has 0 aromatic heterocycles. The maximum Gasteiger partial charge on any atom is 0.251 e. The first-order valence-electron chi connectivity index (χ1n) is 8.53. The van der Waals surface area contributed by atoms with E-state index in [2.05, 4.69) is 5.32 Å². The van der Waals surface area contributed by atoms with Crippen LogP contribution in [-0.4, -0.2) is 35.6 Å². The molecule has 3 rings (SSSR count). The Kier molecular flexibility index (Phi) is 4.96. The maximum atomic E-state index is 12.3. The van der Waals surface area contributed by atoms with Gasteiger partial charge in [0.15, 0.2) is 0 Å². The van der Waals surface area contributed by atoms with E-state index in [0.717, 1.165) is 50.8 Å². The van der Waals surface area contributed by atoms with E-state index >= 15 is 0 Å². The molecule has 1 saturated carbocycles. The van der Waals surface area contributed by atoms with Gasteiger partial charge >= 0.3 is 0 Å². The number of nitrogens with one attached hydrogen (secondary N) is 1. The Bertz CT molecular complexity index is 562. The van der Waals surface area contributed by atoms with Gasteiger partial charge in [0.05, 0.1) is 6.10 Å². The number of nitrogens with zero attached hydrogens (tertiary/aromatic N) is 1. The molecule has 0 spiro atoms. The van der Waals surface area contributed by atoms with E-state index < -0.39 is 0 Å². The van der Waals surface area contributed by atoms with Crippen molar-refractivity contribution in [2.75, 3.05) is 11.4 Å². The van der Waals surface area contributed by atoms with Crippen LogP contribution in [0.1, 0.15) is 55.3 Å². The molecule has 0 bridgehead atoms. The number of hydrogen-bond donors (Lipinski definition) is 2. The highest BCUT2D eigenvalue weighted by Gasteiger charge is 2.22. The van der Waals surface area contributed by atoms with Gasteiger partial charge in [-0.05, 0) is 62.8 Å². The number of carbonyl (C=O) groups excluding carboxylic acids is 2. The smallest absolute Gasteiger partial charge is 0.251 e. The van der Waals surface area contributed by atoms with Crippen molar-refractivity contribution in [1.82, 2.24) is 5.32 Å². The van der Waals surface area contributed by atoms with E-state index in [1.807, 2.05) is 12.1 Å². The third kappa shape index (κ3) is 3.91. The predicted octanol–water partition coefficient (Wildman–Crippen LogP) is 2.24. The summed E-state index contributed by atoms with van der Waals surface area (Å²) in [6.45, 7) is 0.759. The molecule has 2 aliphatic rings. The van der Waals surface area contributed by atoms with Gasteiger partial charge < -0.3 is 15.3 Å². The quantitative estimate of drug-likeness (QED) is 0.898. The molecule has 0 unspecified atom stereocenters. The first-order valence-corrected chi connectivity index (χ1v) is 8.53. The van der Waals surface area contributed by atoms with Crippen molar-refractivity contribution < 1.29 is 14.7 Å². The van der Waals surface area contributed by atoms with Crippen molar-refractivity contribution in [3.8, 4) is 0 Å². The molecule has 0 atom stereocenters. The molecule has 2 fully saturated rings. The summed E-state index contributed by atoms with van der Waals surface area (Å²) in [4.78, 5) is 26.0. The van der Waals surface area contributed by atoms with Crippen LogP contribution in [0.5, 0.6) is 0 Å². The second-order valence-corrected chi connectivity index (χ2v) is 6.53. The largest absolute Gasteiger partial charge is 0.393 e. The van der Waals surface area contributed by atoms with Crippen molar-refractivity contribution in [2.45, 2.75) is 57.1 Å². The molecule has 23 heavy (non-hydrogen) atoms. The molecule has 1 aliphatic carbocycles. The fourth-order valence-electron chi connectivity index (χ4n) is 3.36. The molecule has 1 saturated heterocycles. The molecule has 1 aromatic rings. The van der Waals surface area contributed by atoms with E-state index in [9.17, 15) is 14.7 Å². The number of rotatable bonds is 3. The molecule has 1 heterocycles. The molecular weight excluding hydrogens is 292 g/mol. The summed E-state index contributed by atoms with van der Waals surface area (Å²) in [5.41, 5.74) is 1.48. The van der Waals surface area contributed by atoms with Gasteiger partial charge in [-0.2, -0.15) is 0 Å². The van der Waals surface area contributed by atoms with E-state index in [0.29, 0.717) is 12.0 Å². The minimum atomic E-state index is -0.218. The molecule has 1 aliphatic heterocycles. The van der Waals surface area contributed by atoms with E-state index in [-0.39, 0.29) is 24.0 Å². The van der Waals surface area contributed by atoms with Crippen LogP contribution in [-0.2, 0) is 4.79 Å². The number of aliphatic hydroxyl groups is 1. The minimum Gasteiger partial charge on any atom is -0.393 e. The number of carbonyl (C=O) groups is 2. The number of anilines is 1. The van der Waals surface area contributed by atoms with Crippen LogP contribution in [0.3, 0.4) is 0 Å². The van der Waals surface area contributed by atoms with E-state index in [1.165, 1.54) is 0 Å². The lowest BCUT2D eigenvalue weighted by molar-refractivity contribution is -0.119. The Balaban J connectivity index is 1.60. The number of amides is 2. The summed E-state index contributed by atoms with van der Waals surface area (Å²) in [6.07, 6.45) is 5.54. The van der Waals surface area contributed by atoms with Gasteiger partial charge in [0.25, 0.3) is 5.91 Å². The van der Waals surface area contributed by atoms with Gasteiger partial charge in [-0.15, -0.1) is 0 Å². The lowest BCUT2D eigenvalue weighted by Crippen LogP contribution is -2.38. The van der Waals surface area contributed by atoms with Crippen molar-refractivity contribution in [3.63, 3.8) is 0 Å². The van der Waals surface area contributed by atoms with Gasteiger partial charge in [-0.25, -0.2) is 0 Å². The van der Waals surface area contributed by atoms with Gasteiger partial charge in [0, 0.05) is 30.3 Å². The number of benzene rings is 1. The maximum absolute atomic E-state index is 12.3. The molecule has 1 aromatic carbocycles. The third-order valence-electron chi connectivity index (χ3n) is 4.80. The second-order valence-electron chi connectivity index (χ2n) is 6.53. The summed E-state index contributed by atoms with van der Waals surface area (Å²) in [6, 6.07) is 7.41. The Morgan fingerprint density at radius 2 is 1.78 bits per heavy atom. The molecule has 0 radical (unpaired) electrons. The standard InChI is InChI=1S/C18H24N2O3/c21-16-10-6-14(7-11-16)19-18(23)13-4-8-15(9-5-13)20-12-2-1-3-17(20)22/h4-5,8-9,14,16,21H,1-3,6-7,10-12H2,(H,19,23). The van der Waals surface area contributed by atoms with Crippen molar-refractivity contribution in [1.29, 1.82) is 0 Å². The first kappa shape index (κ1) is 16.0. The molecular formula is C18H24N2O3. The SMILES string of the molecule is O=C(NC1CCC(O)CC1)c1ccc(N2CCCCC2=O)cc1. The number of aliphatic hydroxyl groups excluding tert-OH is 1. The summed E-state index contributed by atoms with van der Waals surface area (Å²) in [5.74, 6) is 0.0807. The van der Waals surface area contributed by atoms with Crippen LogP contribution in [0.25, 0.3) is 0 Å². The zero-order valence-corrected chi connectivity index (χ0v) is 13.3. The van der Waals surface area contributed by atoms with Crippen LogP contribution in [0.2, 0.25) is 0 Å². The predicted molar refractivity (Wildman–Crippen MR) is 88.4 cm³/mol. The monoisotopic (exact) mass is 316 g/mol. The lowest BCUT2D eigenvalue weighted by atomic mass is 9.93. The minimum absolute atomic E-state index is 0.0806. The van der Waals surface area contributed by atoms with Crippen LogP contribution in [0, 0.1) is 0 Å². The molecule has 2 amide bonds. The summed E-state index contributed by atoms with van der Waals surface area (Å²) in [5, 5.41) is 12.5. The van der Waals surface area contributed by atoms with Gasteiger partial charge in [0.1, 0.15) is 0 Å². The zero-order chi connectivity index (χ0) is 16.2. The summed E-state index contributed by atoms with van der Waals surface area (Å²) in [7, 11) is 0. The fourth-order valence-corrected chi connectivity index (χ4v) is 3.36. The van der Waals surface area contributed by atoms with E-state index in [4.69, 9.17) is 0 Å². The van der Waals surface area contributed by atoms with Gasteiger partial charge in [-0.3, -0.25) is 9.59 Å². The highest BCUT2D eigenvalue weighted by Crippen LogP contribution is 2.22. The Hall–Kier alpha value is -1.88. The molecule has 5 heteroatoms. The van der Waals surface area contributed by atoms with Gasteiger partial charge in [0.2, 0.25) is 5.91 Å². The first-order chi connectivity index (χ1) is 11.1. The highest BCUT2D eigenvalue weighted by molar-refractivity contribution is 5.97. The van der Waals surface area contributed by atoms with Crippen molar-refractivity contribution in [2.24, 2.45) is 0 Å². The lowest BCUT2D eigenvalue weighted by Gasteiger charge is -2.27. The number of hydrogen-bond acceptors (Lipinski definition) is 3. The van der Waals surface area contributed by atoms with Crippen LogP contribution in [0.15, 0.2) is 24.3 Å². The van der Waals surface area contributed by atoms with Crippen molar-refractivity contribution >= 4 is 17.5 Å². The summed E-state index contributed by atoms with van der Waals surface area (Å²) < 4.78 is 0. The van der Waals surface area contributed by atoms with Crippen LogP contribution in [0.4, 0.5) is 5.69 Å². The third-order valence-corrected chi connectivity index (χ3v) is 4.80. The topological polar surface area (TPSA) is 69.6 Å². The second kappa shape index (κ2) is 7.13. The van der Waals surface area contributed by atoms with Crippen molar-refractivity contribution in [3.05, 3.63) is 29.8 Å². The highest BCUT2D eigenvalue weighted by atomic mass is 16.3. The van der Waals surface area contributed by atoms with E-state index in [1.54, 1.807) is 17.0 Å². The molecule has 5 nitrogen and oxygen atoms in total. The molecule has 2 N–H and O–H groups in total. The van der Waals surface area contributed by atoms with Gasteiger partial charge in [-0.1, -0.05) is 0 Å². The Morgan fingerprint density at radius 1 is 1.09 bits per heavy atom. The Labute approximate surface area is 136 Å².